The van der Waals surface area contributed by atoms with E-state index >= 15 is 0 Å². The van der Waals surface area contributed by atoms with Crippen molar-refractivity contribution in [1.82, 2.24) is 25.5 Å². The third kappa shape index (κ3) is 4.93. The molecule has 0 amide bonds. The van der Waals surface area contributed by atoms with Gasteiger partial charge in [-0.25, -0.2) is 4.68 Å². The molecule has 1 N–H and O–H groups in total. The third-order valence-electron chi connectivity index (χ3n) is 3.73. The number of aryl methyl sites for hydroxylation is 2. The molecule has 0 saturated heterocycles. The zero-order valence-corrected chi connectivity index (χ0v) is 16.6. The Morgan fingerprint density at radius 1 is 1.28 bits per heavy atom. The van der Waals surface area contributed by atoms with Crippen molar-refractivity contribution in [3.8, 4) is 11.3 Å². The van der Waals surface area contributed by atoms with Gasteiger partial charge >= 0.3 is 0 Å². The molecule has 6 nitrogen and oxygen atoms in total. The highest BCUT2D eigenvalue weighted by atomic mass is 79.9. The molecule has 25 heavy (non-hydrogen) atoms. The van der Waals surface area contributed by atoms with Gasteiger partial charge in [0.05, 0.1) is 6.54 Å². The molecule has 2 heterocycles. The van der Waals surface area contributed by atoms with Crippen LogP contribution in [0.3, 0.4) is 0 Å². The predicted molar refractivity (Wildman–Crippen MR) is 102 cm³/mol. The lowest BCUT2D eigenvalue weighted by Crippen LogP contribution is -2.14. The van der Waals surface area contributed by atoms with E-state index in [1.165, 1.54) is 5.56 Å². The van der Waals surface area contributed by atoms with Gasteiger partial charge in [0.1, 0.15) is 11.5 Å². The number of rotatable bonds is 8. The minimum absolute atomic E-state index is 0.728. The van der Waals surface area contributed by atoms with Gasteiger partial charge in [-0.2, -0.15) is 0 Å². The van der Waals surface area contributed by atoms with E-state index in [9.17, 15) is 0 Å². The molecule has 3 rings (SSSR count). The second-order valence-electron chi connectivity index (χ2n) is 5.69. The smallest absolute Gasteiger partial charge is 0.209 e. The van der Waals surface area contributed by atoms with Crippen LogP contribution in [-0.4, -0.2) is 32.5 Å². The third-order valence-corrected chi connectivity index (χ3v) is 5.32. The van der Waals surface area contributed by atoms with Gasteiger partial charge < -0.3 is 9.73 Å². The minimum Gasteiger partial charge on any atom is -0.460 e. The molecule has 132 valence electrons. The molecule has 0 unspecified atom stereocenters. The van der Waals surface area contributed by atoms with E-state index in [1.807, 2.05) is 25.2 Å². The fourth-order valence-electron chi connectivity index (χ4n) is 2.44. The Kier molecular flexibility index (Phi) is 6.28. The van der Waals surface area contributed by atoms with Gasteiger partial charge in [-0.15, -0.1) is 5.10 Å². The van der Waals surface area contributed by atoms with Crippen LogP contribution in [0.2, 0.25) is 0 Å². The number of nitrogens with one attached hydrogen (secondary N) is 1. The lowest BCUT2D eigenvalue weighted by Gasteiger charge is -2.04. The van der Waals surface area contributed by atoms with E-state index in [0.29, 0.717) is 0 Å². The van der Waals surface area contributed by atoms with Crippen LogP contribution in [-0.2, 0) is 13.6 Å². The summed E-state index contributed by atoms with van der Waals surface area (Å²) < 4.78 is 8.73. The largest absolute Gasteiger partial charge is 0.460 e. The van der Waals surface area contributed by atoms with E-state index in [4.69, 9.17) is 4.42 Å². The van der Waals surface area contributed by atoms with Crippen molar-refractivity contribution < 1.29 is 4.42 Å². The average molecular weight is 422 g/mol. The molecule has 1 aromatic carbocycles. The summed E-state index contributed by atoms with van der Waals surface area (Å²) in [6, 6.07) is 10.3. The quantitative estimate of drug-likeness (QED) is 0.440. The predicted octanol–water partition coefficient (Wildman–Crippen LogP) is 3.81. The van der Waals surface area contributed by atoms with Gasteiger partial charge in [0.2, 0.25) is 5.16 Å². The monoisotopic (exact) mass is 421 g/mol. The Labute approximate surface area is 159 Å². The van der Waals surface area contributed by atoms with E-state index in [0.717, 1.165) is 52.0 Å². The SMILES string of the molecule is Cc1cc(Br)ccc1-c1ccc(CNCCCSc2nnnn2C)o1. The van der Waals surface area contributed by atoms with Gasteiger partial charge in [-0.05, 0) is 66.2 Å². The molecule has 0 saturated carbocycles. The van der Waals surface area contributed by atoms with Gasteiger partial charge in [0.15, 0.2) is 0 Å². The minimum atomic E-state index is 0.728. The number of halogens is 1. The lowest BCUT2D eigenvalue weighted by atomic mass is 10.1. The number of tetrazole rings is 1. The summed E-state index contributed by atoms with van der Waals surface area (Å²) in [4.78, 5) is 0. The second kappa shape index (κ2) is 8.64. The van der Waals surface area contributed by atoms with E-state index in [-0.39, 0.29) is 0 Å². The van der Waals surface area contributed by atoms with Gasteiger partial charge in [-0.3, -0.25) is 0 Å². The van der Waals surface area contributed by atoms with Crippen LogP contribution in [0.15, 0.2) is 44.4 Å². The zero-order valence-electron chi connectivity index (χ0n) is 14.2. The molecule has 0 bridgehead atoms. The van der Waals surface area contributed by atoms with Crippen LogP contribution in [0.5, 0.6) is 0 Å². The zero-order chi connectivity index (χ0) is 17.6. The molecule has 0 spiro atoms. The highest BCUT2D eigenvalue weighted by Gasteiger charge is 2.08. The van der Waals surface area contributed by atoms with Crippen LogP contribution in [0.25, 0.3) is 11.3 Å². The number of hydrogen-bond donors (Lipinski definition) is 1. The summed E-state index contributed by atoms with van der Waals surface area (Å²) in [5.41, 5.74) is 2.32. The summed E-state index contributed by atoms with van der Waals surface area (Å²) in [7, 11) is 1.85. The van der Waals surface area contributed by atoms with Crippen molar-refractivity contribution in [1.29, 1.82) is 0 Å². The number of nitrogens with zero attached hydrogens (tertiary/aromatic N) is 4. The first-order valence-corrected chi connectivity index (χ1v) is 9.82. The Morgan fingerprint density at radius 2 is 2.16 bits per heavy atom. The van der Waals surface area contributed by atoms with Crippen LogP contribution in [0.1, 0.15) is 17.7 Å². The summed E-state index contributed by atoms with van der Waals surface area (Å²) in [5.74, 6) is 2.83. The fraction of sp³-hybridized carbons (Fsp3) is 0.353. The molecule has 0 atom stereocenters. The number of aromatic nitrogens is 4. The average Bonchev–Trinajstić information content (AvgIpc) is 3.20. The molecular weight excluding hydrogens is 402 g/mol. The molecule has 0 aliphatic rings. The standard InChI is InChI=1S/C17H20BrN5OS/c1-12-10-13(18)4-6-15(12)16-7-5-14(24-16)11-19-8-3-9-25-17-20-21-22-23(17)2/h4-7,10,19H,3,8-9,11H2,1-2H3. The lowest BCUT2D eigenvalue weighted by molar-refractivity contribution is 0.493. The molecule has 8 heteroatoms. The first kappa shape index (κ1) is 18.2. The summed E-state index contributed by atoms with van der Waals surface area (Å²) >= 11 is 5.15. The van der Waals surface area contributed by atoms with E-state index in [1.54, 1.807) is 16.4 Å². The maximum Gasteiger partial charge on any atom is 0.209 e. The Morgan fingerprint density at radius 3 is 2.92 bits per heavy atom. The molecule has 0 aliphatic heterocycles. The summed E-state index contributed by atoms with van der Waals surface area (Å²) in [6.07, 6.45) is 1.04. The number of hydrogen-bond acceptors (Lipinski definition) is 6. The fourth-order valence-corrected chi connectivity index (χ4v) is 3.70. The van der Waals surface area contributed by atoms with Crippen LogP contribution >= 0.6 is 27.7 Å². The normalized spacial score (nSPS) is 11.2. The molecule has 3 aromatic rings. The van der Waals surface area contributed by atoms with E-state index < -0.39 is 0 Å². The van der Waals surface area contributed by atoms with E-state index in [2.05, 4.69) is 55.8 Å². The second-order valence-corrected chi connectivity index (χ2v) is 7.67. The maximum atomic E-state index is 5.96. The molecule has 0 radical (unpaired) electrons. The Balaban J connectivity index is 1.42. The molecule has 2 aromatic heterocycles. The summed E-state index contributed by atoms with van der Waals surface area (Å²) in [6.45, 7) is 3.74. The first-order valence-electron chi connectivity index (χ1n) is 8.04. The highest BCUT2D eigenvalue weighted by Crippen LogP contribution is 2.27. The van der Waals surface area contributed by atoms with Gasteiger partial charge in [0.25, 0.3) is 0 Å². The summed E-state index contributed by atoms with van der Waals surface area (Å²) in [5, 5.41) is 15.7. The van der Waals surface area contributed by atoms with Crippen LogP contribution in [0, 0.1) is 6.92 Å². The maximum absolute atomic E-state index is 5.96. The Bertz CT molecular complexity index is 832. The van der Waals surface area contributed by atoms with Crippen molar-refractivity contribution >= 4 is 27.7 Å². The van der Waals surface area contributed by atoms with Crippen molar-refractivity contribution in [3.63, 3.8) is 0 Å². The molecular formula is C17H20BrN5OS. The molecule has 0 aliphatic carbocycles. The van der Waals surface area contributed by atoms with Crippen LogP contribution in [0.4, 0.5) is 0 Å². The number of furan rings is 1. The topological polar surface area (TPSA) is 68.8 Å². The van der Waals surface area contributed by atoms with Crippen molar-refractivity contribution in [2.45, 2.75) is 25.0 Å². The van der Waals surface area contributed by atoms with Crippen molar-refractivity contribution in [2.24, 2.45) is 7.05 Å². The van der Waals surface area contributed by atoms with Crippen LogP contribution < -0.4 is 5.32 Å². The van der Waals surface area contributed by atoms with Crippen molar-refractivity contribution in [3.05, 3.63) is 46.1 Å². The van der Waals surface area contributed by atoms with Gasteiger partial charge in [0, 0.05) is 22.8 Å². The number of benzene rings is 1. The van der Waals surface area contributed by atoms with Crippen molar-refractivity contribution in [2.75, 3.05) is 12.3 Å². The van der Waals surface area contributed by atoms with Gasteiger partial charge in [-0.1, -0.05) is 27.7 Å². The Hall–Kier alpha value is -1.64. The first-order chi connectivity index (χ1) is 12.1. The highest BCUT2D eigenvalue weighted by molar-refractivity contribution is 9.10. The molecule has 0 fully saturated rings. The number of thioether (sulfide) groups is 1.